The van der Waals surface area contributed by atoms with Gasteiger partial charge in [0.05, 0.1) is 17.7 Å². The Morgan fingerprint density at radius 3 is 2.21 bits per heavy atom. The Kier molecular flexibility index (Phi) is 4.54. The second kappa shape index (κ2) is 5.58. The maximum absolute atomic E-state index is 12.4. The van der Waals surface area contributed by atoms with Gasteiger partial charge in [0.15, 0.2) is 0 Å². The summed E-state index contributed by atoms with van der Waals surface area (Å²) in [5.41, 5.74) is -1.37. The minimum atomic E-state index is -4.42. The largest absolute Gasteiger partial charge is 0.416 e. The number of carbonyl (C=O) groups excluding carboxylic acids is 1. The predicted molar refractivity (Wildman–Crippen MR) is 63.1 cm³/mol. The van der Waals surface area contributed by atoms with E-state index >= 15 is 0 Å². The molecule has 0 atom stereocenters. The Morgan fingerprint density at radius 1 is 1.26 bits per heavy atom. The molecule has 106 valence electrons. The molecule has 0 aromatic heterocycles. The number of alkyl halides is 3. The van der Waals surface area contributed by atoms with E-state index in [4.69, 9.17) is 5.90 Å². The highest BCUT2D eigenvalue weighted by Crippen LogP contribution is 2.29. The van der Waals surface area contributed by atoms with Crippen LogP contribution >= 0.6 is 0 Å². The van der Waals surface area contributed by atoms with Crippen LogP contribution in [0.3, 0.4) is 0 Å². The highest BCUT2D eigenvalue weighted by molar-refractivity contribution is 5.94. The molecule has 0 aliphatic carbocycles. The normalized spacial score (nSPS) is 12.3. The molecule has 0 fully saturated rings. The average Bonchev–Trinajstić information content (AvgIpc) is 2.27. The van der Waals surface area contributed by atoms with Crippen molar-refractivity contribution in [1.29, 1.82) is 0 Å². The first-order chi connectivity index (χ1) is 8.65. The molecule has 0 aliphatic rings. The van der Waals surface area contributed by atoms with Crippen molar-refractivity contribution in [2.75, 3.05) is 6.61 Å². The summed E-state index contributed by atoms with van der Waals surface area (Å²) in [6.45, 7) is 3.45. The molecule has 19 heavy (non-hydrogen) atoms. The lowest BCUT2D eigenvalue weighted by Gasteiger charge is -2.24. The van der Waals surface area contributed by atoms with Crippen LogP contribution in [0.5, 0.6) is 0 Å². The topological polar surface area (TPSA) is 64.3 Å². The van der Waals surface area contributed by atoms with Gasteiger partial charge in [-0.15, -0.1) is 0 Å². The number of halogens is 3. The SMILES string of the molecule is CC(C)(CON)NC(=O)c1ccc(C(F)(F)F)cc1. The number of hydrogen-bond acceptors (Lipinski definition) is 3. The maximum Gasteiger partial charge on any atom is 0.416 e. The van der Waals surface area contributed by atoms with E-state index in [1.807, 2.05) is 0 Å². The van der Waals surface area contributed by atoms with Crippen molar-refractivity contribution in [2.24, 2.45) is 5.90 Å². The van der Waals surface area contributed by atoms with Gasteiger partial charge < -0.3 is 10.2 Å². The molecule has 0 saturated carbocycles. The van der Waals surface area contributed by atoms with Gasteiger partial charge in [-0.05, 0) is 38.1 Å². The molecule has 4 nitrogen and oxygen atoms in total. The zero-order valence-corrected chi connectivity index (χ0v) is 10.5. The maximum atomic E-state index is 12.4. The number of nitrogens with two attached hydrogens (primary N) is 1. The number of rotatable bonds is 4. The predicted octanol–water partition coefficient (Wildman–Crippen LogP) is 2.10. The molecule has 0 spiro atoms. The lowest BCUT2D eigenvalue weighted by molar-refractivity contribution is -0.137. The van der Waals surface area contributed by atoms with Crippen molar-refractivity contribution in [3.8, 4) is 0 Å². The number of amides is 1. The molecule has 0 heterocycles. The Bertz CT molecular complexity index is 441. The number of carbonyl (C=O) groups is 1. The van der Waals surface area contributed by atoms with Crippen LogP contribution in [0.15, 0.2) is 24.3 Å². The number of hydrogen-bond donors (Lipinski definition) is 2. The summed E-state index contributed by atoms with van der Waals surface area (Å²) in [6, 6.07) is 3.97. The zero-order chi connectivity index (χ0) is 14.7. The van der Waals surface area contributed by atoms with E-state index in [0.29, 0.717) is 0 Å². The van der Waals surface area contributed by atoms with E-state index in [9.17, 15) is 18.0 Å². The lowest BCUT2D eigenvalue weighted by atomic mass is 10.1. The van der Waals surface area contributed by atoms with E-state index in [1.54, 1.807) is 13.8 Å². The molecule has 1 amide bonds. The third-order valence-electron chi connectivity index (χ3n) is 2.37. The fourth-order valence-corrected chi connectivity index (χ4v) is 1.43. The summed E-state index contributed by atoms with van der Waals surface area (Å²) >= 11 is 0. The Labute approximate surface area is 108 Å². The minimum absolute atomic E-state index is 0.0827. The summed E-state index contributed by atoms with van der Waals surface area (Å²) < 4.78 is 37.1. The van der Waals surface area contributed by atoms with Gasteiger partial charge in [0.25, 0.3) is 5.91 Å². The van der Waals surface area contributed by atoms with E-state index in [1.165, 1.54) is 0 Å². The van der Waals surface area contributed by atoms with Crippen molar-refractivity contribution in [1.82, 2.24) is 5.32 Å². The molecule has 3 N–H and O–H groups in total. The molecular formula is C12H15F3N2O2. The van der Waals surface area contributed by atoms with Crippen molar-refractivity contribution < 1.29 is 22.8 Å². The Morgan fingerprint density at radius 2 is 1.79 bits per heavy atom. The van der Waals surface area contributed by atoms with E-state index in [2.05, 4.69) is 10.2 Å². The molecule has 7 heteroatoms. The van der Waals surface area contributed by atoms with Crippen LogP contribution in [0.4, 0.5) is 13.2 Å². The van der Waals surface area contributed by atoms with Crippen molar-refractivity contribution in [3.63, 3.8) is 0 Å². The fraction of sp³-hybridized carbons (Fsp3) is 0.417. The zero-order valence-electron chi connectivity index (χ0n) is 10.5. The highest BCUT2D eigenvalue weighted by atomic mass is 19.4. The molecule has 1 aromatic rings. The molecule has 1 rings (SSSR count). The van der Waals surface area contributed by atoms with E-state index in [0.717, 1.165) is 24.3 Å². The summed E-state index contributed by atoms with van der Waals surface area (Å²) in [7, 11) is 0. The smallest absolute Gasteiger partial charge is 0.345 e. The first-order valence-electron chi connectivity index (χ1n) is 5.47. The van der Waals surface area contributed by atoms with Crippen LogP contribution in [0.2, 0.25) is 0 Å². The van der Waals surface area contributed by atoms with Gasteiger partial charge in [-0.25, -0.2) is 5.90 Å². The van der Waals surface area contributed by atoms with Crippen molar-refractivity contribution >= 4 is 5.91 Å². The monoisotopic (exact) mass is 276 g/mol. The summed E-state index contributed by atoms with van der Waals surface area (Å²) in [5.74, 6) is 4.43. The second-order valence-corrected chi connectivity index (χ2v) is 4.72. The van der Waals surface area contributed by atoms with Gasteiger partial charge in [-0.2, -0.15) is 13.2 Å². The van der Waals surface area contributed by atoms with Gasteiger partial charge in [0, 0.05) is 5.56 Å². The third kappa shape index (κ3) is 4.53. The Balaban J connectivity index is 2.79. The second-order valence-electron chi connectivity index (χ2n) is 4.72. The van der Waals surface area contributed by atoms with Gasteiger partial charge in [-0.1, -0.05) is 0 Å². The van der Waals surface area contributed by atoms with Crippen LogP contribution in [-0.4, -0.2) is 18.1 Å². The molecular weight excluding hydrogens is 261 g/mol. The van der Waals surface area contributed by atoms with Crippen LogP contribution in [0.25, 0.3) is 0 Å². The van der Waals surface area contributed by atoms with Crippen LogP contribution < -0.4 is 11.2 Å². The first-order valence-corrected chi connectivity index (χ1v) is 5.47. The highest BCUT2D eigenvalue weighted by Gasteiger charge is 2.30. The standard InChI is InChI=1S/C12H15F3N2O2/c1-11(2,7-19-16)17-10(18)8-3-5-9(6-4-8)12(13,14)15/h3-6H,7,16H2,1-2H3,(H,17,18). The van der Waals surface area contributed by atoms with Crippen LogP contribution in [-0.2, 0) is 11.0 Å². The van der Waals surface area contributed by atoms with E-state index in [-0.39, 0.29) is 12.2 Å². The number of benzene rings is 1. The van der Waals surface area contributed by atoms with Gasteiger partial charge in [0.2, 0.25) is 0 Å². The molecule has 0 unspecified atom stereocenters. The molecule has 0 saturated heterocycles. The molecule has 0 aliphatic heterocycles. The average molecular weight is 276 g/mol. The van der Waals surface area contributed by atoms with Gasteiger partial charge in [-0.3, -0.25) is 4.79 Å². The quantitative estimate of drug-likeness (QED) is 0.828. The molecule has 0 radical (unpaired) electrons. The van der Waals surface area contributed by atoms with Crippen LogP contribution in [0, 0.1) is 0 Å². The molecule has 1 aromatic carbocycles. The Hall–Kier alpha value is -1.60. The lowest BCUT2D eigenvalue weighted by Crippen LogP contribution is -2.47. The fourth-order valence-electron chi connectivity index (χ4n) is 1.43. The van der Waals surface area contributed by atoms with Crippen molar-refractivity contribution in [3.05, 3.63) is 35.4 Å². The van der Waals surface area contributed by atoms with E-state index < -0.39 is 23.2 Å². The van der Waals surface area contributed by atoms with Gasteiger partial charge in [0.1, 0.15) is 0 Å². The summed E-state index contributed by atoms with van der Waals surface area (Å²) in [5, 5.41) is 2.61. The van der Waals surface area contributed by atoms with Crippen molar-refractivity contribution in [2.45, 2.75) is 25.6 Å². The number of nitrogens with one attached hydrogen (secondary N) is 1. The summed E-state index contributed by atoms with van der Waals surface area (Å²) in [6.07, 6.45) is -4.42. The minimum Gasteiger partial charge on any atom is -0.345 e. The molecule has 0 bridgehead atoms. The summed E-state index contributed by atoms with van der Waals surface area (Å²) in [4.78, 5) is 16.3. The van der Waals surface area contributed by atoms with Gasteiger partial charge >= 0.3 is 6.18 Å². The van der Waals surface area contributed by atoms with Crippen LogP contribution in [0.1, 0.15) is 29.8 Å². The first kappa shape index (κ1) is 15.5. The third-order valence-corrected chi connectivity index (χ3v) is 2.37.